The summed E-state index contributed by atoms with van der Waals surface area (Å²) in [6, 6.07) is 2.82. The maximum Gasteiger partial charge on any atom is 0.433 e. The van der Waals surface area contributed by atoms with E-state index in [1.807, 2.05) is 0 Å². The zero-order valence-corrected chi connectivity index (χ0v) is 6.60. The third-order valence-electron chi connectivity index (χ3n) is 1.66. The van der Waals surface area contributed by atoms with E-state index in [4.69, 9.17) is 9.25 Å². The van der Waals surface area contributed by atoms with E-state index in [0.29, 0.717) is 24.5 Å². The van der Waals surface area contributed by atoms with Crippen molar-refractivity contribution in [2.24, 2.45) is 5.16 Å². The summed E-state index contributed by atoms with van der Waals surface area (Å²) >= 11 is 0. The summed E-state index contributed by atoms with van der Waals surface area (Å²) in [5, 5.41) is 13.9. The molecule has 0 bridgehead atoms. The highest BCUT2D eigenvalue weighted by Crippen LogP contribution is 2.19. The maximum absolute atomic E-state index is 10.3. The topological polar surface area (TPSA) is 77.9 Å². The van der Waals surface area contributed by atoms with Gasteiger partial charge in [0.1, 0.15) is 17.2 Å². The quantitative estimate of drug-likeness (QED) is 0.510. The minimum absolute atomic E-state index is 0.274. The van der Waals surface area contributed by atoms with Gasteiger partial charge in [-0.15, -0.1) is 0 Å². The van der Waals surface area contributed by atoms with Crippen molar-refractivity contribution in [1.82, 2.24) is 0 Å². The van der Waals surface area contributed by atoms with Crippen LogP contribution in [-0.2, 0) is 4.84 Å². The third kappa shape index (κ3) is 1.37. The lowest BCUT2D eigenvalue weighted by Gasteiger charge is -1.87. The molecule has 0 saturated heterocycles. The minimum Gasteiger partial charge on any atom is -0.399 e. The summed E-state index contributed by atoms with van der Waals surface area (Å²) in [7, 11) is 0. The molecule has 0 radical (unpaired) electrons. The second kappa shape index (κ2) is 2.89. The molecular weight excluding hydrogens is 176 g/mol. The molecule has 2 heterocycles. The highest BCUT2D eigenvalue weighted by Gasteiger charge is 2.18. The summed E-state index contributed by atoms with van der Waals surface area (Å²) in [6.07, 6.45) is 0.630. The Kier molecular flexibility index (Phi) is 1.73. The van der Waals surface area contributed by atoms with Crippen LogP contribution in [-0.4, -0.2) is 17.2 Å². The molecular formula is C7H6N2O4. The number of hydrogen-bond donors (Lipinski definition) is 0. The molecule has 0 saturated carbocycles. The van der Waals surface area contributed by atoms with E-state index in [1.165, 1.54) is 12.1 Å². The summed E-state index contributed by atoms with van der Waals surface area (Å²) in [6.45, 7) is 0.504. The molecule has 2 rings (SSSR count). The average Bonchev–Trinajstić information content (AvgIpc) is 2.75. The zero-order valence-electron chi connectivity index (χ0n) is 6.60. The van der Waals surface area contributed by atoms with Crippen molar-refractivity contribution in [2.45, 2.75) is 6.42 Å². The molecule has 1 aromatic rings. The zero-order chi connectivity index (χ0) is 9.26. The Morgan fingerprint density at radius 2 is 2.38 bits per heavy atom. The normalized spacial score (nSPS) is 15.2. The van der Waals surface area contributed by atoms with E-state index in [9.17, 15) is 10.1 Å². The Bertz CT molecular complexity index is 368. The third-order valence-corrected chi connectivity index (χ3v) is 1.66. The van der Waals surface area contributed by atoms with Gasteiger partial charge in [-0.2, -0.15) is 0 Å². The highest BCUT2D eigenvalue weighted by molar-refractivity contribution is 5.98. The smallest absolute Gasteiger partial charge is 0.399 e. The van der Waals surface area contributed by atoms with Crippen molar-refractivity contribution in [3.05, 3.63) is 28.0 Å². The van der Waals surface area contributed by atoms with Gasteiger partial charge in [0, 0.05) is 6.42 Å². The van der Waals surface area contributed by atoms with Crippen LogP contribution in [0.1, 0.15) is 12.2 Å². The Morgan fingerprint density at radius 1 is 1.54 bits per heavy atom. The SMILES string of the molecule is O=[N+]([O-])c1ccc(C2=NOCC2)o1. The van der Waals surface area contributed by atoms with Gasteiger partial charge < -0.3 is 9.25 Å². The van der Waals surface area contributed by atoms with Crippen LogP contribution in [0.15, 0.2) is 21.7 Å². The van der Waals surface area contributed by atoms with Crippen LogP contribution in [0, 0.1) is 10.1 Å². The number of rotatable bonds is 2. The molecule has 0 aromatic carbocycles. The molecule has 68 valence electrons. The highest BCUT2D eigenvalue weighted by atomic mass is 16.7. The molecule has 0 spiro atoms. The molecule has 1 aliphatic rings. The first-order valence-electron chi connectivity index (χ1n) is 3.71. The lowest BCUT2D eigenvalue weighted by atomic mass is 10.2. The Balaban J connectivity index is 2.27. The van der Waals surface area contributed by atoms with Gasteiger partial charge in [-0.25, -0.2) is 0 Å². The fraction of sp³-hybridized carbons (Fsp3) is 0.286. The van der Waals surface area contributed by atoms with Crippen molar-refractivity contribution in [3.63, 3.8) is 0 Å². The van der Waals surface area contributed by atoms with Gasteiger partial charge in [0.2, 0.25) is 0 Å². The Labute approximate surface area is 72.9 Å². The van der Waals surface area contributed by atoms with Crippen LogP contribution in [0.25, 0.3) is 0 Å². The van der Waals surface area contributed by atoms with Crippen LogP contribution in [0.4, 0.5) is 5.88 Å². The summed E-state index contributed by atoms with van der Waals surface area (Å²) < 4.78 is 4.92. The van der Waals surface area contributed by atoms with E-state index in [2.05, 4.69) is 5.16 Å². The maximum atomic E-state index is 10.3. The predicted octanol–water partition coefficient (Wildman–Crippen LogP) is 1.31. The van der Waals surface area contributed by atoms with Gasteiger partial charge in [-0.05, 0) is 6.07 Å². The molecule has 0 atom stereocenters. The van der Waals surface area contributed by atoms with E-state index >= 15 is 0 Å². The summed E-state index contributed by atoms with van der Waals surface area (Å²) in [5.74, 6) is 0.133. The van der Waals surface area contributed by atoms with Crippen molar-refractivity contribution >= 4 is 11.6 Å². The first-order chi connectivity index (χ1) is 6.27. The summed E-state index contributed by atoms with van der Waals surface area (Å²) in [4.78, 5) is 14.4. The number of hydrogen-bond acceptors (Lipinski definition) is 5. The molecule has 0 fully saturated rings. The van der Waals surface area contributed by atoms with Crippen LogP contribution < -0.4 is 0 Å². The van der Waals surface area contributed by atoms with E-state index < -0.39 is 4.92 Å². The second-order valence-corrected chi connectivity index (χ2v) is 2.52. The molecule has 0 unspecified atom stereocenters. The first kappa shape index (κ1) is 7.78. The van der Waals surface area contributed by atoms with Gasteiger partial charge in [0.25, 0.3) is 0 Å². The number of oxime groups is 1. The lowest BCUT2D eigenvalue weighted by molar-refractivity contribution is -0.402. The summed E-state index contributed by atoms with van der Waals surface area (Å²) in [5.41, 5.74) is 0.619. The Morgan fingerprint density at radius 3 is 2.92 bits per heavy atom. The molecule has 13 heavy (non-hydrogen) atoms. The van der Waals surface area contributed by atoms with Gasteiger partial charge in [0.05, 0.1) is 6.07 Å². The van der Waals surface area contributed by atoms with Crippen molar-refractivity contribution in [3.8, 4) is 0 Å². The van der Waals surface area contributed by atoms with Crippen LogP contribution >= 0.6 is 0 Å². The lowest BCUT2D eigenvalue weighted by Crippen LogP contribution is -1.94. The average molecular weight is 182 g/mol. The van der Waals surface area contributed by atoms with Crippen molar-refractivity contribution in [1.29, 1.82) is 0 Å². The van der Waals surface area contributed by atoms with Crippen LogP contribution in [0.2, 0.25) is 0 Å². The van der Waals surface area contributed by atoms with Crippen molar-refractivity contribution < 1.29 is 14.2 Å². The predicted molar refractivity (Wildman–Crippen MR) is 42.5 cm³/mol. The number of nitro groups is 1. The van der Waals surface area contributed by atoms with Crippen LogP contribution in [0.3, 0.4) is 0 Å². The van der Waals surface area contributed by atoms with E-state index in [-0.39, 0.29) is 5.88 Å². The molecule has 1 aliphatic heterocycles. The fourth-order valence-corrected chi connectivity index (χ4v) is 1.06. The van der Waals surface area contributed by atoms with E-state index in [0.717, 1.165) is 0 Å². The van der Waals surface area contributed by atoms with Gasteiger partial charge in [-0.1, -0.05) is 5.16 Å². The standard InChI is InChI=1S/C7H6N2O4/c10-9(11)7-2-1-6(13-7)5-3-4-12-8-5/h1-2H,3-4H2. The minimum atomic E-state index is -0.583. The molecule has 0 amide bonds. The number of nitrogens with zero attached hydrogens (tertiary/aromatic N) is 2. The van der Waals surface area contributed by atoms with Crippen LogP contribution in [0.5, 0.6) is 0 Å². The molecule has 0 N–H and O–H groups in total. The van der Waals surface area contributed by atoms with Gasteiger partial charge >= 0.3 is 5.88 Å². The molecule has 6 heteroatoms. The van der Waals surface area contributed by atoms with Gasteiger partial charge in [0.15, 0.2) is 5.76 Å². The number of furan rings is 1. The molecule has 1 aromatic heterocycles. The monoisotopic (exact) mass is 182 g/mol. The Hall–Kier alpha value is -1.85. The molecule has 6 nitrogen and oxygen atoms in total. The molecule has 0 aliphatic carbocycles. The second-order valence-electron chi connectivity index (χ2n) is 2.52. The first-order valence-corrected chi connectivity index (χ1v) is 3.71. The fourth-order valence-electron chi connectivity index (χ4n) is 1.06. The van der Waals surface area contributed by atoms with E-state index in [1.54, 1.807) is 0 Å². The van der Waals surface area contributed by atoms with Gasteiger partial charge in [-0.3, -0.25) is 10.1 Å². The van der Waals surface area contributed by atoms with Crippen molar-refractivity contribution in [2.75, 3.05) is 6.61 Å². The largest absolute Gasteiger partial charge is 0.433 e.